The van der Waals surface area contributed by atoms with E-state index in [4.69, 9.17) is 9.15 Å². The van der Waals surface area contributed by atoms with E-state index in [9.17, 15) is 9.90 Å². The van der Waals surface area contributed by atoms with E-state index >= 15 is 0 Å². The third kappa shape index (κ3) is 3.23. The molecule has 0 aliphatic heterocycles. The Morgan fingerprint density at radius 1 is 1.32 bits per heavy atom. The number of methoxy groups -OCH3 is 1. The lowest BCUT2D eigenvalue weighted by atomic mass is 10.1. The van der Waals surface area contributed by atoms with E-state index in [1.54, 1.807) is 45.2 Å². The van der Waals surface area contributed by atoms with E-state index in [0.29, 0.717) is 11.3 Å². The lowest BCUT2D eigenvalue weighted by molar-refractivity contribution is 0.134. The Balaban J connectivity index is 2.57. The highest BCUT2D eigenvalue weighted by atomic mass is 16.5. The Bertz CT molecular complexity index is 675. The number of ether oxygens (including phenoxy) is 1. The van der Waals surface area contributed by atoms with Gasteiger partial charge in [-0.3, -0.25) is 0 Å². The van der Waals surface area contributed by atoms with Gasteiger partial charge in [-0.1, -0.05) is 12.2 Å². The molecule has 2 aromatic rings. The third-order valence-electron chi connectivity index (χ3n) is 2.64. The summed E-state index contributed by atoms with van der Waals surface area (Å²) in [7, 11) is 1.55. The van der Waals surface area contributed by atoms with Gasteiger partial charge in [-0.2, -0.15) is 0 Å². The van der Waals surface area contributed by atoms with E-state index in [1.165, 1.54) is 6.07 Å². The average molecular weight is 260 g/mol. The van der Waals surface area contributed by atoms with Crippen molar-refractivity contribution in [2.24, 2.45) is 0 Å². The van der Waals surface area contributed by atoms with Crippen LogP contribution < -0.4 is 10.4 Å². The second-order valence-electron chi connectivity index (χ2n) is 4.87. The van der Waals surface area contributed by atoms with E-state index in [2.05, 4.69) is 0 Å². The number of fused-ring (bicyclic) bond motifs is 1. The molecule has 100 valence electrons. The summed E-state index contributed by atoms with van der Waals surface area (Å²) in [5, 5.41) is 10.5. The SMILES string of the molecule is COc1cc2oc(=O)ccc2cc1C=CC(C)(C)O. The molecular weight excluding hydrogens is 244 g/mol. The lowest BCUT2D eigenvalue weighted by Gasteiger charge is -2.11. The highest BCUT2D eigenvalue weighted by Gasteiger charge is 2.09. The first-order chi connectivity index (χ1) is 8.89. The van der Waals surface area contributed by atoms with Crippen LogP contribution in [0.2, 0.25) is 0 Å². The standard InChI is InChI=1S/C15H16O4/c1-15(2,17)7-6-11-8-10-4-5-14(16)19-13(10)9-12(11)18-3/h4-9,17H,1-3H3. The van der Waals surface area contributed by atoms with E-state index in [-0.39, 0.29) is 0 Å². The molecule has 0 saturated heterocycles. The van der Waals surface area contributed by atoms with Crippen LogP contribution in [0.3, 0.4) is 0 Å². The highest BCUT2D eigenvalue weighted by molar-refractivity contribution is 5.82. The van der Waals surface area contributed by atoms with Crippen molar-refractivity contribution in [2.75, 3.05) is 7.11 Å². The fraction of sp³-hybridized carbons (Fsp3) is 0.267. The largest absolute Gasteiger partial charge is 0.496 e. The zero-order valence-corrected chi connectivity index (χ0v) is 11.1. The van der Waals surface area contributed by atoms with Crippen LogP contribution in [0.25, 0.3) is 17.0 Å². The quantitative estimate of drug-likeness (QED) is 0.862. The predicted octanol–water partition coefficient (Wildman–Crippen LogP) is 2.59. The van der Waals surface area contributed by atoms with Gasteiger partial charge in [-0.05, 0) is 26.0 Å². The molecule has 1 aromatic carbocycles. The second kappa shape index (κ2) is 4.90. The molecule has 0 fully saturated rings. The summed E-state index contributed by atoms with van der Waals surface area (Å²) in [6, 6.07) is 6.58. The van der Waals surface area contributed by atoms with Crippen molar-refractivity contribution in [3.63, 3.8) is 0 Å². The van der Waals surface area contributed by atoms with Crippen LogP contribution in [0.4, 0.5) is 0 Å². The monoisotopic (exact) mass is 260 g/mol. The van der Waals surface area contributed by atoms with Gasteiger partial charge in [0, 0.05) is 23.1 Å². The summed E-state index contributed by atoms with van der Waals surface area (Å²) in [5.41, 5.74) is -0.00600. The molecule has 0 atom stereocenters. The van der Waals surface area contributed by atoms with Crippen LogP contribution in [-0.4, -0.2) is 17.8 Å². The molecule has 1 aromatic heterocycles. The molecule has 1 heterocycles. The Morgan fingerprint density at radius 2 is 2.05 bits per heavy atom. The maximum atomic E-state index is 11.2. The van der Waals surface area contributed by atoms with Crippen LogP contribution in [-0.2, 0) is 0 Å². The van der Waals surface area contributed by atoms with E-state index < -0.39 is 11.2 Å². The molecule has 0 aliphatic rings. The summed E-state index contributed by atoms with van der Waals surface area (Å²) in [6.07, 6.45) is 3.46. The third-order valence-corrected chi connectivity index (χ3v) is 2.64. The van der Waals surface area contributed by atoms with Crippen molar-refractivity contribution in [1.29, 1.82) is 0 Å². The van der Waals surface area contributed by atoms with E-state index in [1.807, 2.05) is 6.07 Å². The predicted molar refractivity (Wildman–Crippen MR) is 74.4 cm³/mol. The first kappa shape index (κ1) is 13.4. The summed E-state index contributed by atoms with van der Waals surface area (Å²) >= 11 is 0. The smallest absolute Gasteiger partial charge is 0.336 e. The van der Waals surface area contributed by atoms with E-state index in [0.717, 1.165) is 10.9 Å². The minimum Gasteiger partial charge on any atom is -0.496 e. The van der Waals surface area contributed by atoms with Crippen LogP contribution in [0, 0.1) is 0 Å². The topological polar surface area (TPSA) is 59.7 Å². The molecule has 0 radical (unpaired) electrons. The fourth-order valence-corrected chi connectivity index (χ4v) is 1.72. The van der Waals surface area contributed by atoms with Gasteiger partial charge < -0.3 is 14.3 Å². The van der Waals surface area contributed by atoms with Crippen LogP contribution in [0.5, 0.6) is 5.75 Å². The molecule has 0 bridgehead atoms. The minimum absolute atomic E-state index is 0.394. The van der Waals surface area contributed by atoms with Crippen molar-refractivity contribution in [2.45, 2.75) is 19.4 Å². The van der Waals surface area contributed by atoms with Gasteiger partial charge in [0.1, 0.15) is 11.3 Å². The molecule has 0 saturated carbocycles. The van der Waals surface area contributed by atoms with Crippen LogP contribution >= 0.6 is 0 Å². The van der Waals surface area contributed by atoms with Crippen LogP contribution in [0.15, 0.2) is 39.6 Å². The molecule has 2 rings (SSSR count). The van der Waals surface area contributed by atoms with Gasteiger partial charge >= 0.3 is 5.63 Å². The Hall–Kier alpha value is -2.07. The Labute approximate surface area is 110 Å². The van der Waals surface area contributed by atoms with Crippen molar-refractivity contribution < 1.29 is 14.3 Å². The summed E-state index contributed by atoms with van der Waals surface area (Å²) < 4.78 is 10.4. The molecular formula is C15H16O4. The average Bonchev–Trinajstić information content (AvgIpc) is 2.34. The maximum Gasteiger partial charge on any atom is 0.336 e. The van der Waals surface area contributed by atoms with Gasteiger partial charge in [0.25, 0.3) is 0 Å². The zero-order valence-electron chi connectivity index (χ0n) is 11.1. The van der Waals surface area contributed by atoms with Gasteiger partial charge in [0.15, 0.2) is 0 Å². The summed E-state index contributed by atoms with van der Waals surface area (Å²) in [6.45, 7) is 3.38. The number of rotatable bonds is 3. The zero-order chi connectivity index (χ0) is 14.0. The molecule has 0 aliphatic carbocycles. The first-order valence-electron chi connectivity index (χ1n) is 5.92. The molecule has 1 N–H and O–H groups in total. The van der Waals surface area contributed by atoms with Gasteiger partial charge in [0.05, 0.1) is 12.7 Å². The van der Waals surface area contributed by atoms with Crippen molar-refractivity contribution in [3.8, 4) is 5.75 Å². The number of benzene rings is 1. The van der Waals surface area contributed by atoms with Gasteiger partial charge in [0.2, 0.25) is 0 Å². The number of hydrogen-bond acceptors (Lipinski definition) is 4. The first-order valence-corrected chi connectivity index (χ1v) is 5.92. The lowest BCUT2D eigenvalue weighted by Crippen LogP contribution is -2.13. The van der Waals surface area contributed by atoms with Crippen LogP contribution in [0.1, 0.15) is 19.4 Å². The molecule has 4 heteroatoms. The fourth-order valence-electron chi connectivity index (χ4n) is 1.72. The maximum absolute atomic E-state index is 11.2. The van der Waals surface area contributed by atoms with Gasteiger partial charge in [-0.25, -0.2) is 4.79 Å². The second-order valence-corrected chi connectivity index (χ2v) is 4.87. The summed E-state index contributed by atoms with van der Waals surface area (Å²) in [5.74, 6) is 0.586. The molecule has 4 nitrogen and oxygen atoms in total. The number of aliphatic hydroxyl groups is 1. The molecule has 19 heavy (non-hydrogen) atoms. The van der Waals surface area contributed by atoms with Crippen molar-refractivity contribution in [1.82, 2.24) is 0 Å². The molecule has 0 amide bonds. The number of hydrogen-bond donors (Lipinski definition) is 1. The minimum atomic E-state index is -0.900. The Kier molecular flexibility index (Phi) is 3.44. The summed E-state index contributed by atoms with van der Waals surface area (Å²) in [4.78, 5) is 11.2. The normalized spacial score (nSPS) is 12.2. The molecule has 0 spiro atoms. The highest BCUT2D eigenvalue weighted by Crippen LogP contribution is 2.26. The van der Waals surface area contributed by atoms with Gasteiger partial charge in [-0.15, -0.1) is 0 Å². The molecule has 0 unspecified atom stereocenters. The van der Waals surface area contributed by atoms with Crippen molar-refractivity contribution in [3.05, 3.63) is 46.3 Å². The van der Waals surface area contributed by atoms with Crippen molar-refractivity contribution >= 4 is 17.0 Å². The Morgan fingerprint density at radius 3 is 2.68 bits per heavy atom.